The predicted molar refractivity (Wildman–Crippen MR) is 106 cm³/mol. The molecule has 1 atom stereocenters. The Bertz CT molecular complexity index is 407. The Morgan fingerprint density at radius 2 is 1.32 bits per heavy atom. The number of ether oxygens (including phenoxy) is 1. The minimum atomic E-state index is -2.90. The van der Waals surface area contributed by atoms with Crippen LogP contribution in [0.4, 0.5) is 0 Å². The van der Waals surface area contributed by atoms with Crippen molar-refractivity contribution < 1.29 is 19.0 Å². The van der Waals surface area contributed by atoms with Crippen LogP contribution in [-0.2, 0) is 14.1 Å². The molecular formula is C20H39O4P. The van der Waals surface area contributed by atoms with Crippen molar-refractivity contribution in [2.75, 3.05) is 18.9 Å². The number of hydrogen-bond donors (Lipinski definition) is 1. The number of carbonyl (C=O) groups is 1. The molecule has 0 aromatic carbocycles. The Balaban J connectivity index is 3.43. The summed E-state index contributed by atoms with van der Waals surface area (Å²) in [5.41, 5.74) is 0.439. The molecule has 148 valence electrons. The first kappa shape index (κ1) is 24.4. The fourth-order valence-corrected chi connectivity index (χ4v) is 4.37. The second kappa shape index (κ2) is 15.6. The summed E-state index contributed by atoms with van der Waals surface area (Å²) in [6.07, 6.45) is 13.8. The predicted octanol–water partition coefficient (Wildman–Crippen LogP) is 6.08. The third-order valence-electron chi connectivity index (χ3n) is 4.34. The first-order valence-corrected chi connectivity index (χ1v) is 12.1. The first-order chi connectivity index (χ1) is 11.9. The molecule has 1 N–H and O–H groups in total. The van der Waals surface area contributed by atoms with E-state index in [0.717, 1.165) is 51.4 Å². The fraction of sp³-hybridized carbons (Fsp3) is 0.850. The highest BCUT2D eigenvalue weighted by molar-refractivity contribution is 7.57. The summed E-state index contributed by atoms with van der Waals surface area (Å²) < 4.78 is 17.1. The largest absolute Gasteiger partial charge is 0.462 e. The van der Waals surface area contributed by atoms with Crippen LogP contribution >= 0.6 is 7.37 Å². The molecule has 0 spiro atoms. The van der Waals surface area contributed by atoms with E-state index >= 15 is 0 Å². The van der Waals surface area contributed by atoms with E-state index in [-0.39, 0.29) is 5.97 Å². The van der Waals surface area contributed by atoms with E-state index in [2.05, 4.69) is 13.5 Å². The summed E-state index contributed by atoms with van der Waals surface area (Å²) in [7, 11) is -2.90. The molecule has 0 saturated carbocycles. The third kappa shape index (κ3) is 16.6. The lowest BCUT2D eigenvalue weighted by molar-refractivity contribution is -0.139. The molecule has 0 bridgehead atoms. The molecule has 0 amide bonds. The van der Waals surface area contributed by atoms with E-state index in [4.69, 9.17) is 4.74 Å². The highest BCUT2D eigenvalue weighted by Crippen LogP contribution is 2.42. The molecule has 0 radical (unpaired) electrons. The summed E-state index contributed by atoms with van der Waals surface area (Å²) in [5, 5.41) is 0. The lowest BCUT2D eigenvalue weighted by atomic mass is 10.1. The van der Waals surface area contributed by atoms with Crippen LogP contribution in [0.1, 0.15) is 90.9 Å². The first-order valence-electron chi connectivity index (χ1n) is 10.0. The molecule has 0 fully saturated rings. The Morgan fingerprint density at radius 3 is 1.80 bits per heavy atom. The van der Waals surface area contributed by atoms with Crippen LogP contribution < -0.4 is 0 Å². The van der Waals surface area contributed by atoms with Gasteiger partial charge in [-0.3, -0.25) is 4.57 Å². The summed E-state index contributed by atoms with van der Waals surface area (Å²) in [4.78, 5) is 21.2. The monoisotopic (exact) mass is 374 g/mol. The number of esters is 1. The standard InChI is InChI=1S/C20H39O4P/c1-4-5-6-7-11-14-17-25(22,23)18-15-12-9-8-10-13-16-24-20(21)19(2)3/h2,4-18H2,1,3H3,(H,22,23). The van der Waals surface area contributed by atoms with E-state index in [1.165, 1.54) is 25.7 Å². The van der Waals surface area contributed by atoms with Gasteiger partial charge in [-0.05, 0) is 26.2 Å². The molecule has 0 aliphatic carbocycles. The van der Waals surface area contributed by atoms with E-state index in [1.807, 2.05) is 0 Å². The van der Waals surface area contributed by atoms with Gasteiger partial charge in [0.25, 0.3) is 0 Å². The van der Waals surface area contributed by atoms with Crippen molar-refractivity contribution in [1.29, 1.82) is 0 Å². The number of hydrogen-bond acceptors (Lipinski definition) is 3. The van der Waals surface area contributed by atoms with Crippen molar-refractivity contribution in [2.45, 2.75) is 90.9 Å². The van der Waals surface area contributed by atoms with Crippen molar-refractivity contribution in [1.82, 2.24) is 0 Å². The van der Waals surface area contributed by atoms with E-state index in [1.54, 1.807) is 6.92 Å². The molecule has 4 nitrogen and oxygen atoms in total. The lowest BCUT2D eigenvalue weighted by Gasteiger charge is -2.11. The van der Waals surface area contributed by atoms with Crippen LogP contribution in [0.3, 0.4) is 0 Å². The fourth-order valence-electron chi connectivity index (χ4n) is 2.71. The maximum absolute atomic E-state index is 12.1. The van der Waals surface area contributed by atoms with Crippen molar-refractivity contribution >= 4 is 13.3 Å². The molecule has 1 unspecified atom stereocenters. The second-order valence-electron chi connectivity index (χ2n) is 7.10. The zero-order chi connectivity index (χ0) is 19.0. The minimum Gasteiger partial charge on any atom is -0.462 e. The van der Waals surface area contributed by atoms with Gasteiger partial charge in [0, 0.05) is 17.9 Å². The van der Waals surface area contributed by atoms with Crippen LogP contribution in [0.5, 0.6) is 0 Å². The minimum absolute atomic E-state index is 0.316. The van der Waals surface area contributed by atoms with Crippen molar-refractivity contribution in [3.63, 3.8) is 0 Å². The van der Waals surface area contributed by atoms with Gasteiger partial charge in [0.1, 0.15) is 0 Å². The van der Waals surface area contributed by atoms with Gasteiger partial charge >= 0.3 is 5.97 Å². The smallest absolute Gasteiger partial charge is 0.333 e. The average molecular weight is 375 g/mol. The van der Waals surface area contributed by atoms with E-state index in [0.29, 0.717) is 24.5 Å². The zero-order valence-corrected chi connectivity index (χ0v) is 17.3. The second-order valence-corrected chi connectivity index (χ2v) is 9.69. The van der Waals surface area contributed by atoms with Gasteiger partial charge in [-0.1, -0.05) is 71.3 Å². The molecule has 0 aromatic heterocycles. The van der Waals surface area contributed by atoms with Gasteiger partial charge in [0.05, 0.1) is 6.61 Å². The van der Waals surface area contributed by atoms with Gasteiger partial charge in [-0.2, -0.15) is 0 Å². The molecule has 25 heavy (non-hydrogen) atoms. The lowest BCUT2D eigenvalue weighted by Crippen LogP contribution is -2.06. The average Bonchev–Trinajstić information content (AvgIpc) is 2.56. The van der Waals surface area contributed by atoms with Crippen LogP contribution in [0.25, 0.3) is 0 Å². The highest BCUT2D eigenvalue weighted by atomic mass is 31.2. The van der Waals surface area contributed by atoms with Gasteiger partial charge in [-0.25, -0.2) is 4.79 Å². The van der Waals surface area contributed by atoms with Crippen LogP contribution in [0.15, 0.2) is 12.2 Å². The van der Waals surface area contributed by atoms with Gasteiger partial charge in [-0.15, -0.1) is 0 Å². The summed E-state index contributed by atoms with van der Waals surface area (Å²) in [5.74, 6) is -0.316. The molecular weight excluding hydrogens is 335 g/mol. The van der Waals surface area contributed by atoms with Crippen molar-refractivity contribution in [2.24, 2.45) is 0 Å². The Labute approximate surface area is 154 Å². The number of carbonyl (C=O) groups excluding carboxylic acids is 1. The van der Waals surface area contributed by atoms with Gasteiger partial charge in [0.2, 0.25) is 7.37 Å². The highest BCUT2D eigenvalue weighted by Gasteiger charge is 2.16. The molecule has 0 aliphatic rings. The normalized spacial score (nSPS) is 13.4. The maximum Gasteiger partial charge on any atom is 0.333 e. The van der Waals surface area contributed by atoms with Gasteiger partial charge < -0.3 is 9.63 Å². The molecule has 0 rings (SSSR count). The third-order valence-corrected chi connectivity index (χ3v) is 6.37. The van der Waals surface area contributed by atoms with Crippen molar-refractivity contribution in [3.8, 4) is 0 Å². The Morgan fingerprint density at radius 1 is 0.880 bits per heavy atom. The topological polar surface area (TPSA) is 63.6 Å². The van der Waals surface area contributed by atoms with Crippen LogP contribution in [0, 0.1) is 0 Å². The molecule has 0 heterocycles. The zero-order valence-electron chi connectivity index (χ0n) is 16.4. The summed E-state index contributed by atoms with van der Waals surface area (Å²) in [6.45, 7) is 7.84. The van der Waals surface area contributed by atoms with E-state index in [9.17, 15) is 14.3 Å². The Kier molecular flexibility index (Phi) is 15.3. The molecule has 0 aliphatic heterocycles. The Hall–Kier alpha value is -0.600. The van der Waals surface area contributed by atoms with Crippen LogP contribution in [-0.4, -0.2) is 29.8 Å². The molecule has 0 aromatic rings. The maximum atomic E-state index is 12.1. The van der Waals surface area contributed by atoms with Crippen LogP contribution in [0.2, 0.25) is 0 Å². The molecule has 0 saturated heterocycles. The van der Waals surface area contributed by atoms with Gasteiger partial charge in [0.15, 0.2) is 0 Å². The van der Waals surface area contributed by atoms with Crippen molar-refractivity contribution in [3.05, 3.63) is 12.2 Å². The summed E-state index contributed by atoms with van der Waals surface area (Å²) in [6, 6.07) is 0. The SMILES string of the molecule is C=C(C)C(=O)OCCCCCCCCP(=O)(O)CCCCCCCC. The quantitative estimate of drug-likeness (QED) is 0.145. The molecule has 5 heteroatoms. The number of unbranched alkanes of at least 4 members (excludes halogenated alkanes) is 10. The van der Waals surface area contributed by atoms with E-state index < -0.39 is 7.37 Å². The summed E-state index contributed by atoms with van der Waals surface area (Å²) >= 11 is 0. The number of rotatable bonds is 17.